The van der Waals surface area contributed by atoms with Crippen LogP contribution in [-0.4, -0.2) is 11.3 Å². The second-order valence-electron chi connectivity index (χ2n) is 3.14. The Morgan fingerprint density at radius 1 is 1.06 bits per heavy atom. The van der Waals surface area contributed by atoms with E-state index in [1.54, 1.807) is 0 Å². The molecule has 0 amide bonds. The van der Waals surface area contributed by atoms with Gasteiger partial charge < -0.3 is 5.11 Å². The highest BCUT2D eigenvalue weighted by Crippen LogP contribution is 2.43. The highest BCUT2D eigenvalue weighted by atomic mass is 35.5. The van der Waals surface area contributed by atoms with Gasteiger partial charge in [0.2, 0.25) is 0 Å². The molecule has 0 spiro atoms. The summed E-state index contributed by atoms with van der Waals surface area (Å²) in [5.74, 6) is 0. The smallest absolute Gasteiger partial charge is 0.379 e. The number of alkyl halides is 6. The molecule has 1 N–H and O–H groups in total. The molecule has 1 aromatic rings. The van der Waals surface area contributed by atoms with Gasteiger partial charge in [-0.15, -0.1) is 0 Å². The Hall–Kier alpha value is -0.950. The third kappa shape index (κ3) is 3.04. The first kappa shape index (κ1) is 14.1. The number of aliphatic hydroxyl groups is 1. The van der Waals surface area contributed by atoms with E-state index in [2.05, 4.69) is 0 Å². The number of rotatable bonds is 1. The van der Waals surface area contributed by atoms with Crippen molar-refractivity contribution in [1.29, 1.82) is 0 Å². The van der Waals surface area contributed by atoms with Crippen LogP contribution in [0.25, 0.3) is 0 Å². The Bertz CT molecular complexity index is 411. The van der Waals surface area contributed by atoms with Crippen molar-refractivity contribution < 1.29 is 31.4 Å². The van der Waals surface area contributed by atoms with Crippen LogP contribution in [0.1, 0.15) is 17.2 Å². The SMILES string of the molecule is O[C@@H](c1c(Cl)cccc1C(F)(F)F)C(F)(F)F. The van der Waals surface area contributed by atoms with Gasteiger partial charge in [-0.2, -0.15) is 26.3 Å². The maximum atomic E-state index is 12.4. The van der Waals surface area contributed by atoms with E-state index in [0.29, 0.717) is 6.07 Å². The van der Waals surface area contributed by atoms with Gasteiger partial charge in [0.05, 0.1) is 5.56 Å². The van der Waals surface area contributed by atoms with Crippen molar-refractivity contribution in [3.8, 4) is 0 Å². The summed E-state index contributed by atoms with van der Waals surface area (Å²) >= 11 is 5.28. The van der Waals surface area contributed by atoms with Crippen LogP contribution >= 0.6 is 11.6 Å². The maximum absolute atomic E-state index is 12.4. The van der Waals surface area contributed by atoms with E-state index >= 15 is 0 Å². The van der Waals surface area contributed by atoms with Crippen LogP contribution in [0.2, 0.25) is 5.02 Å². The minimum atomic E-state index is -5.22. The summed E-state index contributed by atoms with van der Waals surface area (Å²) in [5.41, 5.74) is -2.98. The lowest BCUT2D eigenvalue weighted by Gasteiger charge is -2.20. The molecule has 0 heterocycles. The first-order chi connectivity index (χ1) is 7.55. The minimum Gasteiger partial charge on any atom is -0.379 e. The van der Waals surface area contributed by atoms with Crippen LogP contribution in [0.4, 0.5) is 26.3 Å². The van der Waals surface area contributed by atoms with Crippen molar-refractivity contribution in [3.05, 3.63) is 34.3 Å². The van der Waals surface area contributed by atoms with Crippen LogP contribution in [-0.2, 0) is 6.18 Å². The predicted octanol–water partition coefficient (Wildman–Crippen LogP) is 3.95. The number of halogens is 7. The highest BCUT2D eigenvalue weighted by Gasteiger charge is 2.45. The Morgan fingerprint density at radius 2 is 1.59 bits per heavy atom. The molecular weight excluding hydrogens is 274 g/mol. The molecule has 0 fully saturated rings. The van der Waals surface area contributed by atoms with E-state index in [4.69, 9.17) is 16.7 Å². The van der Waals surface area contributed by atoms with E-state index in [1.165, 1.54) is 0 Å². The van der Waals surface area contributed by atoms with Crippen molar-refractivity contribution in [3.63, 3.8) is 0 Å². The average molecular weight is 279 g/mol. The molecule has 0 aliphatic carbocycles. The minimum absolute atomic E-state index is 0.427. The number of hydrogen-bond acceptors (Lipinski definition) is 1. The maximum Gasteiger partial charge on any atom is 0.418 e. The number of benzene rings is 1. The van der Waals surface area contributed by atoms with Crippen LogP contribution in [0.5, 0.6) is 0 Å². The zero-order valence-electron chi connectivity index (χ0n) is 7.90. The molecule has 1 aromatic carbocycles. The van der Waals surface area contributed by atoms with Crippen LogP contribution in [0.15, 0.2) is 18.2 Å². The van der Waals surface area contributed by atoms with Gasteiger partial charge in [-0.05, 0) is 12.1 Å². The monoisotopic (exact) mass is 278 g/mol. The Labute approximate surface area is 96.6 Å². The lowest BCUT2D eigenvalue weighted by atomic mass is 10.0. The Balaban J connectivity index is 3.41. The first-order valence-electron chi connectivity index (χ1n) is 4.15. The van der Waals surface area contributed by atoms with Gasteiger partial charge in [-0.25, -0.2) is 0 Å². The summed E-state index contributed by atoms with van der Waals surface area (Å²) in [7, 11) is 0. The van der Waals surface area contributed by atoms with Gasteiger partial charge in [-0.1, -0.05) is 17.7 Å². The molecule has 1 nitrogen and oxygen atoms in total. The molecule has 0 bridgehead atoms. The summed E-state index contributed by atoms with van der Waals surface area (Å²) in [6.07, 6.45) is -13.5. The third-order valence-corrected chi connectivity index (χ3v) is 2.27. The van der Waals surface area contributed by atoms with Crippen molar-refractivity contribution in [2.75, 3.05) is 0 Å². The summed E-state index contributed by atoms with van der Waals surface area (Å²) in [4.78, 5) is 0. The topological polar surface area (TPSA) is 20.2 Å². The molecule has 0 aliphatic rings. The standard InChI is InChI=1S/C9H5ClF6O/c10-5-3-1-2-4(8(11,12)13)6(5)7(17)9(14,15)16/h1-3,7,17H/t7-/m0/s1. The van der Waals surface area contributed by atoms with E-state index < -0.39 is 34.6 Å². The summed E-state index contributed by atoms with van der Waals surface area (Å²) in [5, 5.41) is 8.09. The fourth-order valence-electron chi connectivity index (χ4n) is 1.23. The van der Waals surface area contributed by atoms with Crippen molar-refractivity contribution in [2.24, 2.45) is 0 Å². The molecule has 0 aliphatic heterocycles. The number of hydrogen-bond donors (Lipinski definition) is 1. The average Bonchev–Trinajstić information content (AvgIpc) is 2.13. The summed E-state index contributed by atoms with van der Waals surface area (Å²) in [6.45, 7) is 0. The van der Waals surface area contributed by atoms with Gasteiger partial charge in [0.1, 0.15) is 0 Å². The van der Waals surface area contributed by atoms with Gasteiger partial charge in [0, 0.05) is 10.6 Å². The molecule has 1 rings (SSSR count). The Morgan fingerprint density at radius 3 is 2.00 bits per heavy atom. The normalized spacial score (nSPS) is 14.8. The van der Waals surface area contributed by atoms with E-state index in [9.17, 15) is 26.3 Å². The van der Waals surface area contributed by atoms with E-state index in [1.807, 2.05) is 0 Å². The first-order valence-corrected chi connectivity index (χ1v) is 4.53. The molecule has 8 heteroatoms. The van der Waals surface area contributed by atoms with Crippen molar-refractivity contribution in [2.45, 2.75) is 18.5 Å². The molecule has 0 saturated carbocycles. The molecule has 0 aromatic heterocycles. The fourth-order valence-corrected chi connectivity index (χ4v) is 1.50. The third-order valence-electron chi connectivity index (χ3n) is 1.94. The van der Waals surface area contributed by atoms with Gasteiger partial charge in [0.25, 0.3) is 0 Å². The van der Waals surface area contributed by atoms with E-state index in [-0.39, 0.29) is 0 Å². The van der Waals surface area contributed by atoms with Crippen molar-refractivity contribution in [1.82, 2.24) is 0 Å². The van der Waals surface area contributed by atoms with Crippen LogP contribution in [0, 0.1) is 0 Å². The van der Waals surface area contributed by atoms with Gasteiger partial charge in [0.15, 0.2) is 6.10 Å². The van der Waals surface area contributed by atoms with Crippen LogP contribution < -0.4 is 0 Å². The molecule has 96 valence electrons. The molecular formula is C9H5ClF6O. The molecule has 1 atom stereocenters. The zero-order valence-corrected chi connectivity index (χ0v) is 8.66. The predicted molar refractivity (Wildman–Crippen MR) is 47.5 cm³/mol. The fraction of sp³-hybridized carbons (Fsp3) is 0.333. The molecule has 0 unspecified atom stereocenters. The zero-order chi connectivity index (χ0) is 13.4. The second kappa shape index (κ2) is 4.38. The molecule has 0 radical (unpaired) electrons. The van der Waals surface area contributed by atoms with Gasteiger partial charge in [-0.3, -0.25) is 0 Å². The second-order valence-corrected chi connectivity index (χ2v) is 3.55. The van der Waals surface area contributed by atoms with Crippen LogP contribution in [0.3, 0.4) is 0 Å². The molecule has 0 saturated heterocycles. The van der Waals surface area contributed by atoms with Crippen molar-refractivity contribution >= 4 is 11.6 Å². The lowest BCUT2D eigenvalue weighted by Crippen LogP contribution is -2.24. The molecule has 17 heavy (non-hydrogen) atoms. The largest absolute Gasteiger partial charge is 0.418 e. The van der Waals surface area contributed by atoms with E-state index in [0.717, 1.165) is 12.1 Å². The summed E-state index contributed by atoms with van der Waals surface area (Å²) < 4.78 is 73.9. The lowest BCUT2D eigenvalue weighted by molar-refractivity contribution is -0.209. The summed E-state index contributed by atoms with van der Waals surface area (Å²) in [6, 6.07) is 2.13. The number of aliphatic hydroxyl groups excluding tert-OH is 1. The Kier molecular flexibility index (Phi) is 3.63. The quantitative estimate of drug-likeness (QED) is 0.771. The van der Waals surface area contributed by atoms with Gasteiger partial charge >= 0.3 is 12.4 Å². The highest BCUT2D eigenvalue weighted by molar-refractivity contribution is 6.31.